The van der Waals surface area contributed by atoms with Gasteiger partial charge < -0.3 is 5.11 Å². The quantitative estimate of drug-likeness (QED) is 0.587. The minimum absolute atomic E-state index is 0.0588. The van der Waals surface area contributed by atoms with Crippen LogP contribution in [0.5, 0.6) is 0 Å². The van der Waals surface area contributed by atoms with Gasteiger partial charge >= 0.3 is 5.97 Å². The Morgan fingerprint density at radius 1 is 1.06 bits per heavy atom. The molecule has 0 aliphatic heterocycles. The van der Waals surface area contributed by atoms with Crippen LogP contribution in [0, 0.1) is 11.8 Å². The Labute approximate surface area is 112 Å². The summed E-state index contributed by atoms with van der Waals surface area (Å²) in [5, 5.41) is 9.37. The monoisotopic (exact) mass is 254 g/mol. The van der Waals surface area contributed by atoms with Crippen LogP contribution in [-0.2, 0) is 4.79 Å². The molecule has 0 amide bonds. The van der Waals surface area contributed by atoms with E-state index in [4.69, 9.17) is 0 Å². The van der Waals surface area contributed by atoms with Crippen LogP contribution in [0.25, 0.3) is 0 Å². The van der Waals surface area contributed by atoms with E-state index in [0.717, 1.165) is 25.7 Å². The molecule has 1 saturated carbocycles. The van der Waals surface area contributed by atoms with Crippen LogP contribution in [-0.4, -0.2) is 11.1 Å². The van der Waals surface area contributed by atoms with Gasteiger partial charge in [-0.15, -0.1) is 0 Å². The largest absolute Gasteiger partial charge is 0.481 e. The van der Waals surface area contributed by atoms with Crippen molar-refractivity contribution in [1.82, 2.24) is 0 Å². The average Bonchev–Trinajstić information content (AvgIpc) is 2.38. The Hall–Kier alpha value is -0.530. The first kappa shape index (κ1) is 15.5. The molecule has 0 bridgehead atoms. The van der Waals surface area contributed by atoms with Gasteiger partial charge in [-0.25, -0.2) is 0 Å². The highest BCUT2D eigenvalue weighted by Crippen LogP contribution is 2.33. The molecule has 0 heterocycles. The molecule has 2 heteroatoms. The number of unbranched alkanes of at least 4 members (excludes halogenated alkanes) is 5. The molecule has 1 atom stereocenters. The lowest BCUT2D eigenvalue weighted by molar-refractivity contribution is -0.144. The van der Waals surface area contributed by atoms with E-state index in [-0.39, 0.29) is 5.92 Å². The molecule has 1 aliphatic carbocycles. The number of carboxylic acid groups (broad SMARTS) is 1. The number of hydrogen-bond donors (Lipinski definition) is 1. The highest BCUT2D eigenvalue weighted by molar-refractivity contribution is 5.70. The zero-order valence-electron chi connectivity index (χ0n) is 12.0. The van der Waals surface area contributed by atoms with Gasteiger partial charge in [-0.05, 0) is 25.2 Å². The second kappa shape index (κ2) is 9.41. The predicted octanol–water partition coefficient (Wildman–Crippen LogP) is 5.02. The first-order chi connectivity index (χ1) is 8.75. The molecule has 0 radical (unpaired) electrons. The average molecular weight is 254 g/mol. The van der Waals surface area contributed by atoms with E-state index in [9.17, 15) is 9.90 Å². The lowest BCUT2D eigenvalue weighted by atomic mass is 9.78. The van der Waals surface area contributed by atoms with Gasteiger partial charge in [0, 0.05) is 0 Å². The fraction of sp³-hybridized carbons (Fsp3) is 0.938. The molecule has 1 fully saturated rings. The Morgan fingerprint density at radius 2 is 1.67 bits per heavy atom. The summed E-state index contributed by atoms with van der Waals surface area (Å²) in [6.07, 6.45) is 14.5. The van der Waals surface area contributed by atoms with Gasteiger partial charge in [0.1, 0.15) is 0 Å². The molecule has 1 unspecified atom stereocenters. The summed E-state index contributed by atoms with van der Waals surface area (Å²) in [5.41, 5.74) is 0. The summed E-state index contributed by atoms with van der Waals surface area (Å²) in [4.78, 5) is 11.4. The van der Waals surface area contributed by atoms with Crippen LogP contribution in [0.2, 0.25) is 0 Å². The van der Waals surface area contributed by atoms with E-state index in [1.54, 1.807) is 0 Å². The van der Waals surface area contributed by atoms with Crippen molar-refractivity contribution in [2.75, 3.05) is 0 Å². The zero-order valence-corrected chi connectivity index (χ0v) is 12.0. The second-order valence-electron chi connectivity index (χ2n) is 5.90. The second-order valence-corrected chi connectivity index (χ2v) is 5.90. The molecule has 0 aromatic carbocycles. The zero-order chi connectivity index (χ0) is 13.2. The van der Waals surface area contributed by atoms with E-state index in [2.05, 4.69) is 6.92 Å². The van der Waals surface area contributed by atoms with Crippen molar-refractivity contribution < 1.29 is 9.90 Å². The Bertz CT molecular complexity index is 219. The molecule has 106 valence electrons. The van der Waals surface area contributed by atoms with Gasteiger partial charge in [0.15, 0.2) is 0 Å². The van der Waals surface area contributed by atoms with E-state index in [1.807, 2.05) is 0 Å². The Kier molecular flexibility index (Phi) is 8.11. The number of aliphatic carboxylic acids is 1. The topological polar surface area (TPSA) is 37.3 Å². The lowest BCUT2D eigenvalue weighted by Gasteiger charge is -2.27. The molecule has 0 aromatic rings. The van der Waals surface area contributed by atoms with Gasteiger partial charge in [0.05, 0.1) is 5.92 Å². The first-order valence-corrected chi connectivity index (χ1v) is 7.98. The number of carbonyl (C=O) groups is 1. The minimum Gasteiger partial charge on any atom is -0.481 e. The van der Waals surface area contributed by atoms with Gasteiger partial charge in [-0.2, -0.15) is 0 Å². The maximum absolute atomic E-state index is 11.4. The van der Waals surface area contributed by atoms with Crippen molar-refractivity contribution in [3.05, 3.63) is 0 Å². The molecule has 1 N–H and O–H groups in total. The number of rotatable bonds is 9. The maximum atomic E-state index is 11.4. The third-order valence-corrected chi connectivity index (χ3v) is 4.40. The van der Waals surface area contributed by atoms with Crippen LogP contribution in [0.3, 0.4) is 0 Å². The first-order valence-electron chi connectivity index (χ1n) is 7.98. The third kappa shape index (κ3) is 5.88. The summed E-state index contributed by atoms with van der Waals surface area (Å²) in [6, 6.07) is 0. The summed E-state index contributed by atoms with van der Waals surface area (Å²) in [5.74, 6) is -0.140. The smallest absolute Gasteiger partial charge is 0.306 e. The van der Waals surface area contributed by atoms with Crippen molar-refractivity contribution in [2.45, 2.75) is 84.0 Å². The van der Waals surface area contributed by atoms with Crippen LogP contribution >= 0.6 is 0 Å². The maximum Gasteiger partial charge on any atom is 0.306 e. The minimum atomic E-state index is -0.546. The van der Waals surface area contributed by atoms with E-state index < -0.39 is 5.97 Å². The van der Waals surface area contributed by atoms with Crippen molar-refractivity contribution >= 4 is 5.97 Å². The van der Waals surface area contributed by atoms with Crippen LogP contribution in [0.1, 0.15) is 84.0 Å². The van der Waals surface area contributed by atoms with Gasteiger partial charge in [0.2, 0.25) is 0 Å². The normalized spacial score (nSPS) is 18.7. The Balaban J connectivity index is 2.19. The van der Waals surface area contributed by atoms with Gasteiger partial charge in [-0.1, -0.05) is 64.7 Å². The van der Waals surface area contributed by atoms with Crippen molar-refractivity contribution in [3.63, 3.8) is 0 Å². The fourth-order valence-corrected chi connectivity index (χ4v) is 3.24. The van der Waals surface area contributed by atoms with Crippen molar-refractivity contribution in [3.8, 4) is 0 Å². The van der Waals surface area contributed by atoms with Crippen LogP contribution in [0.4, 0.5) is 0 Å². The SMILES string of the molecule is CCCCCCCCC(C(=O)O)C1CCCCC1. The Morgan fingerprint density at radius 3 is 2.28 bits per heavy atom. The number of carboxylic acids is 1. The summed E-state index contributed by atoms with van der Waals surface area (Å²) < 4.78 is 0. The van der Waals surface area contributed by atoms with Gasteiger partial charge in [0.25, 0.3) is 0 Å². The fourth-order valence-electron chi connectivity index (χ4n) is 3.24. The molecule has 0 saturated heterocycles. The predicted molar refractivity (Wildman–Crippen MR) is 75.7 cm³/mol. The standard InChI is InChI=1S/C16H30O2/c1-2-3-4-5-6-10-13-15(16(17)18)14-11-8-7-9-12-14/h14-15H,2-13H2,1H3,(H,17,18). The van der Waals surface area contributed by atoms with E-state index >= 15 is 0 Å². The number of hydrogen-bond acceptors (Lipinski definition) is 1. The third-order valence-electron chi connectivity index (χ3n) is 4.40. The molecular weight excluding hydrogens is 224 g/mol. The van der Waals surface area contributed by atoms with Crippen LogP contribution in [0.15, 0.2) is 0 Å². The summed E-state index contributed by atoms with van der Waals surface area (Å²) in [7, 11) is 0. The molecule has 0 aromatic heterocycles. The molecule has 1 rings (SSSR count). The molecule has 18 heavy (non-hydrogen) atoms. The van der Waals surface area contributed by atoms with Crippen molar-refractivity contribution in [1.29, 1.82) is 0 Å². The summed E-state index contributed by atoms with van der Waals surface area (Å²) >= 11 is 0. The highest BCUT2D eigenvalue weighted by atomic mass is 16.4. The van der Waals surface area contributed by atoms with Crippen molar-refractivity contribution in [2.24, 2.45) is 11.8 Å². The molecule has 1 aliphatic rings. The lowest BCUT2D eigenvalue weighted by Crippen LogP contribution is -2.25. The molecular formula is C16H30O2. The molecule has 2 nitrogen and oxygen atoms in total. The van der Waals surface area contributed by atoms with E-state index in [0.29, 0.717) is 5.92 Å². The van der Waals surface area contributed by atoms with Gasteiger partial charge in [-0.3, -0.25) is 4.79 Å². The highest BCUT2D eigenvalue weighted by Gasteiger charge is 2.28. The van der Waals surface area contributed by atoms with E-state index in [1.165, 1.54) is 51.4 Å². The molecule has 0 spiro atoms. The summed E-state index contributed by atoms with van der Waals surface area (Å²) in [6.45, 7) is 2.23. The van der Waals surface area contributed by atoms with Crippen LogP contribution < -0.4 is 0 Å².